The monoisotopic (exact) mass is 363 g/mol. The zero-order valence-electron chi connectivity index (χ0n) is 11.8. The lowest BCUT2D eigenvalue weighted by atomic mass is 10.1. The van der Waals surface area contributed by atoms with Crippen LogP contribution in [0.1, 0.15) is 28.7 Å². The van der Waals surface area contributed by atoms with Crippen molar-refractivity contribution >= 4 is 27.7 Å². The zero-order chi connectivity index (χ0) is 15.7. The molecule has 0 radical (unpaired) electrons. The molecule has 22 heavy (non-hydrogen) atoms. The van der Waals surface area contributed by atoms with E-state index in [1.54, 1.807) is 13.3 Å². The fourth-order valence-corrected chi connectivity index (χ4v) is 2.73. The van der Waals surface area contributed by atoms with E-state index in [9.17, 15) is 4.79 Å². The second kappa shape index (κ2) is 5.90. The van der Waals surface area contributed by atoms with Gasteiger partial charge >= 0.3 is 5.97 Å². The van der Waals surface area contributed by atoms with Gasteiger partial charge in [0.15, 0.2) is 5.69 Å². The van der Waals surface area contributed by atoms with Gasteiger partial charge in [-0.15, -0.1) is 0 Å². The molecular weight excluding hydrogens is 350 g/mol. The lowest BCUT2D eigenvalue weighted by Crippen LogP contribution is -2.31. The van der Waals surface area contributed by atoms with Crippen LogP contribution in [0, 0.1) is 0 Å². The van der Waals surface area contributed by atoms with Crippen LogP contribution in [-0.2, 0) is 11.3 Å². The Hall–Kier alpha value is -2.19. The first-order valence-electron chi connectivity index (χ1n) is 6.70. The fourth-order valence-electron chi connectivity index (χ4n) is 2.37. The zero-order valence-corrected chi connectivity index (χ0v) is 13.4. The molecule has 1 aromatic heterocycles. The number of nitrogens with two attached hydrogens (primary N) is 1. The van der Waals surface area contributed by atoms with Crippen molar-refractivity contribution in [2.24, 2.45) is 10.8 Å². The van der Waals surface area contributed by atoms with Crippen molar-refractivity contribution < 1.29 is 9.53 Å². The molecule has 2 aromatic rings. The van der Waals surface area contributed by atoms with E-state index in [2.05, 4.69) is 31.3 Å². The maximum absolute atomic E-state index is 12.0. The molecule has 0 saturated carbocycles. The van der Waals surface area contributed by atoms with E-state index in [0.29, 0.717) is 18.1 Å². The summed E-state index contributed by atoms with van der Waals surface area (Å²) in [4.78, 5) is 20.6. The molecule has 0 saturated heterocycles. The number of hydrogen-bond donors (Lipinski definition) is 2. The SMILES string of the molecule is CCOC(=O)c1ncn2c1CN=C(NN)c1cc(Br)ccc1-2. The van der Waals surface area contributed by atoms with E-state index in [1.165, 1.54) is 0 Å². The van der Waals surface area contributed by atoms with Crippen molar-refractivity contribution in [2.75, 3.05) is 6.61 Å². The quantitative estimate of drug-likeness (QED) is 0.479. The Bertz CT molecular complexity index is 769. The second-order valence-corrected chi connectivity index (χ2v) is 5.52. The molecule has 0 aliphatic carbocycles. The van der Waals surface area contributed by atoms with Gasteiger partial charge in [0, 0.05) is 10.0 Å². The van der Waals surface area contributed by atoms with Crippen LogP contribution in [-0.4, -0.2) is 28.0 Å². The van der Waals surface area contributed by atoms with E-state index in [4.69, 9.17) is 10.6 Å². The van der Waals surface area contributed by atoms with Crippen molar-refractivity contribution in [3.8, 4) is 5.69 Å². The molecule has 0 bridgehead atoms. The number of hydrogen-bond acceptors (Lipinski definition) is 6. The van der Waals surface area contributed by atoms with Crippen LogP contribution in [0.4, 0.5) is 0 Å². The Morgan fingerprint density at radius 3 is 3.09 bits per heavy atom. The van der Waals surface area contributed by atoms with Crippen molar-refractivity contribution in [3.63, 3.8) is 0 Å². The highest BCUT2D eigenvalue weighted by molar-refractivity contribution is 9.10. The smallest absolute Gasteiger partial charge is 0.358 e. The Balaban J connectivity index is 2.18. The molecule has 0 atom stereocenters. The maximum Gasteiger partial charge on any atom is 0.358 e. The van der Waals surface area contributed by atoms with Crippen LogP contribution in [0.3, 0.4) is 0 Å². The summed E-state index contributed by atoms with van der Waals surface area (Å²) in [6.07, 6.45) is 1.60. The van der Waals surface area contributed by atoms with Gasteiger partial charge in [-0.3, -0.25) is 9.56 Å². The highest BCUT2D eigenvalue weighted by Gasteiger charge is 2.24. The minimum atomic E-state index is -0.450. The summed E-state index contributed by atoms with van der Waals surface area (Å²) in [5.41, 5.74) is 5.22. The normalized spacial score (nSPS) is 12.8. The summed E-state index contributed by atoms with van der Waals surface area (Å²) < 4.78 is 7.78. The minimum absolute atomic E-state index is 0.276. The number of hydrazine groups is 1. The van der Waals surface area contributed by atoms with Crippen LogP contribution in [0.5, 0.6) is 0 Å². The maximum atomic E-state index is 12.0. The number of halogens is 1. The Labute approximate surface area is 135 Å². The van der Waals surface area contributed by atoms with Crippen LogP contribution < -0.4 is 11.3 Å². The Morgan fingerprint density at radius 2 is 2.36 bits per heavy atom. The third-order valence-electron chi connectivity index (χ3n) is 3.33. The molecule has 1 aliphatic heterocycles. The molecular formula is C14H14BrN5O2. The van der Waals surface area contributed by atoms with Gasteiger partial charge in [0.1, 0.15) is 12.2 Å². The largest absolute Gasteiger partial charge is 0.461 e. The average Bonchev–Trinajstić information content (AvgIpc) is 2.86. The molecule has 1 aromatic carbocycles. The molecule has 0 amide bonds. The predicted molar refractivity (Wildman–Crippen MR) is 84.8 cm³/mol. The summed E-state index contributed by atoms with van der Waals surface area (Å²) in [5, 5.41) is 0. The molecule has 1 aliphatic rings. The third kappa shape index (κ3) is 2.40. The highest BCUT2D eigenvalue weighted by atomic mass is 79.9. The van der Waals surface area contributed by atoms with E-state index in [0.717, 1.165) is 15.7 Å². The first-order chi connectivity index (χ1) is 10.7. The molecule has 3 N–H and O–H groups in total. The number of aromatic nitrogens is 2. The predicted octanol–water partition coefficient (Wildman–Crippen LogP) is 1.54. The number of amidine groups is 1. The molecule has 114 valence electrons. The number of carbonyl (C=O) groups excluding carboxylic acids is 1. The molecule has 0 fully saturated rings. The van der Waals surface area contributed by atoms with Crippen LogP contribution in [0.15, 0.2) is 34.0 Å². The van der Waals surface area contributed by atoms with Crippen LogP contribution in [0.25, 0.3) is 5.69 Å². The number of ether oxygens (including phenoxy) is 1. The van der Waals surface area contributed by atoms with E-state index in [1.807, 2.05) is 22.8 Å². The summed E-state index contributed by atoms with van der Waals surface area (Å²) in [7, 11) is 0. The lowest BCUT2D eigenvalue weighted by molar-refractivity contribution is 0.0518. The number of esters is 1. The minimum Gasteiger partial charge on any atom is -0.461 e. The third-order valence-corrected chi connectivity index (χ3v) is 3.83. The van der Waals surface area contributed by atoms with Gasteiger partial charge < -0.3 is 10.2 Å². The van der Waals surface area contributed by atoms with Gasteiger partial charge in [-0.25, -0.2) is 15.6 Å². The summed E-state index contributed by atoms with van der Waals surface area (Å²) >= 11 is 3.44. The first kappa shape index (κ1) is 14.7. The summed E-state index contributed by atoms with van der Waals surface area (Å²) in [5.74, 6) is 5.68. The number of nitrogens with zero attached hydrogens (tertiary/aromatic N) is 3. The number of fused-ring (bicyclic) bond motifs is 3. The van der Waals surface area contributed by atoms with Crippen molar-refractivity contribution in [1.29, 1.82) is 0 Å². The average molecular weight is 364 g/mol. The number of aliphatic imine (C=N–C) groups is 1. The number of carbonyl (C=O) groups is 1. The van der Waals surface area contributed by atoms with Gasteiger partial charge in [0.2, 0.25) is 0 Å². The molecule has 0 unspecified atom stereocenters. The van der Waals surface area contributed by atoms with E-state index < -0.39 is 5.97 Å². The van der Waals surface area contributed by atoms with Crippen molar-refractivity contribution in [3.05, 3.63) is 46.0 Å². The van der Waals surface area contributed by atoms with E-state index >= 15 is 0 Å². The molecule has 8 heteroatoms. The lowest BCUT2D eigenvalue weighted by Gasteiger charge is -2.11. The van der Waals surface area contributed by atoms with Crippen LogP contribution in [0.2, 0.25) is 0 Å². The number of nitrogens with one attached hydrogen (secondary N) is 1. The van der Waals surface area contributed by atoms with Gasteiger partial charge in [-0.1, -0.05) is 15.9 Å². The highest BCUT2D eigenvalue weighted by Crippen LogP contribution is 2.26. The number of imidazole rings is 1. The van der Waals surface area contributed by atoms with E-state index in [-0.39, 0.29) is 12.2 Å². The molecule has 7 nitrogen and oxygen atoms in total. The Morgan fingerprint density at radius 1 is 1.55 bits per heavy atom. The van der Waals surface area contributed by atoms with Crippen LogP contribution >= 0.6 is 15.9 Å². The molecule has 3 rings (SSSR count). The van der Waals surface area contributed by atoms with Crippen molar-refractivity contribution in [2.45, 2.75) is 13.5 Å². The second-order valence-electron chi connectivity index (χ2n) is 4.60. The van der Waals surface area contributed by atoms with Gasteiger partial charge in [0.05, 0.1) is 24.5 Å². The van der Waals surface area contributed by atoms with Gasteiger partial charge in [0.25, 0.3) is 0 Å². The van der Waals surface area contributed by atoms with Gasteiger partial charge in [-0.05, 0) is 25.1 Å². The summed E-state index contributed by atoms with van der Waals surface area (Å²) in [6, 6.07) is 5.73. The molecule has 2 heterocycles. The number of rotatable bonds is 2. The van der Waals surface area contributed by atoms with Gasteiger partial charge in [-0.2, -0.15) is 0 Å². The first-order valence-corrected chi connectivity index (χ1v) is 7.49. The van der Waals surface area contributed by atoms with Crippen molar-refractivity contribution in [1.82, 2.24) is 15.0 Å². The standard InChI is InChI=1S/C14H14BrN5O2/c1-2-22-14(21)12-11-6-17-13(19-16)9-5-8(15)3-4-10(9)20(11)7-18-12/h3-5,7H,2,6,16H2,1H3,(H,17,19). The fraction of sp³-hybridized carbons (Fsp3) is 0.214. The molecule has 0 spiro atoms. The number of benzene rings is 1. The summed E-state index contributed by atoms with van der Waals surface area (Å²) in [6.45, 7) is 2.33. The Kier molecular flexibility index (Phi) is 3.95. The topological polar surface area (TPSA) is 94.5 Å².